The third kappa shape index (κ3) is 5.00. The molecule has 0 saturated carbocycles. The van der Waals surface area contributed by atoms with E-state index in [-0.39, 0.29) is 12.5 Å². The largest absolute Gasteiger partial charge is 0.399 e. The SMILES string of the molecule is CN(CC(=O)Nc1cc(N)ccc1Cl)Cc1cc(Br)cs1. The first-order chi connectivity index (χ1) is 9.94. The number of benzene rings is 1. The molecule has 0 aliphatic rings. The van der Waals surface area contributed by atoms with Crippen LogP contribution >= 0.6 is 38.9 Å². The Balaban J connectivity index is 1.90. The van der Waals surface area contributed by atoms with Crippen molar-refractivity contribution >= 4 is 56.1 Å². The van der Waals surface area contributed by atoms with E-state index in [1.165, 1.54) is 4.88 Å². The number of hydrogen-bond acceptors (Lipinski definition) is 4. The summed E-state index contributed by atoms with van der Waals surface area (Å²) < 4.78 is 1.06. The highest BCUT2D eigenvalue weighted by Crippen LogP contribution is 2.24. The molecule has 0 spiro atoms. The van der Waals surface area contributed by atoms with Crippen molar-refractivity contribution in [2.45, 2.75) is 6.54 Å². The van der Waals surface area contributed by atoms with Crippen LogP contribution < -0.4 is 11.1 Å². The maximum atomic E-state index is 12.0. The fourth-order valence-corrected chi connectivity index (χ4v) is 3.53. The number of thiophene rings is 1. The minimum absolute atomic E-state index is 0.124. The van der Waals surface area contributed by atoms with Crippen molar-refractivity contribution in [3.8, 4) is 0 Å². The quantitative estimate of drug-likeness (QED) is 0.766. The van der Waals surface area contributed by atoms with Gasteiger partial charge in [-0.15, -0.1) is 11.3 Å². The van der Waals surface area contributed by atoms with Crippen molar-refractivity contribution in [3.05, 3.63) is 44.0 Å². The molecule has 1 amide bonds. The first-order valence-corrected chi connectivity index (χ1v) is 8.25. The molecule has 7 heteroatoms. The molecule has 0 unspecified atom stereocenters. The van der Waals surface area contributed by atoms with Gasteiger partial charge in [0.2, 0.25) is 5.91 Å². The lowest BCUT2D eigenvalue weighted by atomic mass is 10.3. The predicted molar refractivity (Wildman–Crippen MR) is 92.8 cm³/mol. The van der Waals surface area contributed by atoms with Gasteiger partial charge in [0, 0.05) is 27.0 Å². The van der Waals surface area contributed by atoms with Crippen molar-refractivity contribution in [1.29, 1.82) is 0 Å². The van der Waals surface area contributed by atoms with Crippen LogP contribution in [0.2, 0.25) is 5.02 Å². The molecule has 0 aliphatic carbocycles. The van der Waals surface area contributed by atoms with Gasteiger partial charge in [0.1, 0.15) is 0 Å². The molecule has 0 fully saturated rings. The molecule has 2 aromatic rings. The molecular formula is C14H15BrClN3OS. The number of halogens is 2. The number of nitrogens with one attached hydrogen (secondary N) is 1. The maximum Gasteiger partial charge on any atom is 0.238 e. The number of nitrogens with two attached hydrogens (primary N) is 1. The molecule has 1 aromatic carbocycles. The summed E-state index contributed by atoms with van der Waals surface area (Å²) in [6, 6.07) is 7.06. The second-order valence-electron chi connectivity index (χ2n) is 4.69. The summed E-state index contributed by atoms with van der Waals surface area (Å²) in [5.74, 6) is -0.124. The zero-order chi connectivity index (χ0) is 15.4. The lowest BCUT2D eigenvalue weighted by molar-refractivity contribution is -0.117. The monoisotopic (exact) mass is 387 g/mol. The highest BCUT2D eigenvalue weighted by Gasteiger charge is 2.10. The summed E-state index contributed by atoms with van der Waals surface area (Å²) in [7, 11) is 1.90. The molecular weight excluding hydrogens is 374 g/mol. The van der Waals surface area contributed by atoms with E-state index in [1.54, 1.807) is 29.5 Å². The average molecular weight is 389 g/mol. The van der Waals surface area contributed by atoms with E-state index in [4.69, 9.17) is 17.3 Å². The fraction of sp³-hybridized carbons (Fsp3) is 0.214. The molecule has 0 aliphatic heterocycles. The summed E-state index contributed by atoms with van der Waals surface area (Å²) in [6.45, 7) is 0.995. The van der Waals surface area contributed by atoms with Crippen molar-refractivity contribution < 1.29 is 4.79 Å². The molecule has 21 heavy (non-hydrogen) atoms. The highest BCUT2D eigenvalue weighted by molar-refractivity contribution is 9.10. The van der Waals surface area contributed by atoms with Gasteiger partial charge in [-0.2, -0.15) is 0 Å². The number of nitrogen functional groups attached to an aromatic ring is 1. The van der Waals surface area contributed by atoms with Gasteiger partial charge in [0.05, 0.1) is 17.3 Å². The molecule has 4 nitrogen and oxygen atoms in total. The minimum Gasteiger partial charge on any atom is -0.399 e. The number of likely N-dealkylation sites (N-methyl/N-ethyl adjacent to an activating group) is 1. The van der Waals surface area contributed by atoms with Crippen LogP contribution in [-0.4, -0.2) is 24.4 Å². The van der Waals surface area contributed by atoms with E-state index in [2.05, 4.69) is 21.2 Å². The van der Waals surface area contributed by atoms with E-state index >= 15 is 0 Å². The van der Waals surface area contributed by atoms with Crippen LogP contribution in [0, 0.1) is 0 Å². The van der Waals surface area contributed by atoms with E-state index in [9.17, 15) is 4.79 Å². The van der Waals surface area contributed by atoms with Gasteiger partial charge < -0.3 is 11.1 Å². The summed E-state index contributed by atoms with van der Waals surface area (Å²) >= 11 is 11.1. The average Bonchev–Trinajstić information content (AvgIpc) is 2.79. The third-order valence-electron chi connectivity index (χ3n) is 2.73. The van der Waals surface area contributed by atoms with Crippen molar-refractivity contribution in [2.75, 3.05) is 24.6 Å². The summed E-state index contributed by atoms with van der Waals surface area (Å²) in [5.41, 5.74) is 6.78. The summed E-state index contributed by atoms with van der Waals surface area (Å²) in [4.78, 5) is 15.2. The number of rotatable bonds is 5. The normalized spacial score (nSPS) is 10.9. The number of nitrogens with zero attached hydrogens (tertiary/aromatic N) is 1. The summed E-state index contributed by atoms with van der Waals surface area (Å²) in [5, 5.41) is 5.27. The molecule has 2 rings (SSSR count). The van der Waals surface area contributed by atoms with E-state index < -0.39 is 0 Å². The first kappa shape index (κ1) is 16.3. The van der Waals surface area contributed by atoms with Crippen molar-refractivity contribution in [1.82, 2.24) is 4.90 Å². The molecule has 0 bridgehead atoms. The van der Waals surface area contributed by atoms with Crippen LogP contribution in [0.25, 0.3) is 0 Å². The van der Waals surface area contributed by atoms with Gasteiger partial charge in [0.25, 0.3) is 0 Å². The molecule has 3 N–H and O–H groups in total. The molecule has 0 radical (unpaired) electrons. The lowest BCUT2D eigenvalue weighted by Gasteiger charge is -2.15. The number of amides is 1. The Bertz CT molecular complexity index is 647. The third-order valence-corrected chi connectivity index (χ3v) is 4.74. The van der Waals surface area contributed by atoms with E-state index in [0.29, 0.717) is 22.9 Å². The Hall–Kier alpha value is -1.08. The standard InChI is InChI=1S/C14H15BrClN3OS/c1-19(6-11-4-9(15)8-21-11)7-14(20)18-13-5-10(17)2-3-12(13)16/h2-5,8H,6-7,17H2,1H3,(H,18,20). The van der Waals surface area contributed by atoms with Crippen molar-refractivity contribution in [2.24, 2.45) is 0 Å². The Labute approximate surface area is 141 Å². The molecule has 1 heterocycles. The molecule has 0 atom stereocenters. The zero-order valence-corrected chi connectivity index (χ0v) is 14.6. The highest BCUT2D eigenvalue weighted by atomic mass is 79.9. The van der Waals surface area contributed by atoms with Gasteiger partial charge in [0.15, 0.2) is 0 Å². The van der Waals surface area contributed by atoms with E-state index in [1.807, 2.05) is 23.4 Å². The number of carbonyl (C=O) groups excluding carboxylic acids is 1. The number of carbonyl (C=O) groups is 1. The molecule has 112 valence electrons. The van der Waals surface area contributed by atoms with Crippen LogP contribution in [-0.2, 0) is 11.3 Å². The number of hydrogen-bond donors (Lipinski definition) is 2. The Morgan fingerprint density at radius 2 is 2.24 bits per heavy atom. The van der Waals surface area contributed by atoms with Crippen LogP contribution in [0.5, 0.6) is 0 Å². The van der Waals surface area contributed by atoms with Crippen LogP contribution in [0.4, 0.5) is 11.4 Å². The van der Waals surface area contributed by atoms with Gasteiger partial charge in [-0.3, -0.25) is 9.69 Å². The Morgan fingerprint density at radius 1 is 1.48 bits per heavy atom. The van der Waals surface area contributed by atoms with Crippen LogP contribution in [0.15, 0.2) is 34.1 Å². The smallest absolute Gasteiger partial charge is 0.238 e. The van der Waals surface area contributed by atoms with Gasteiger partial charge in [-0.1, -0.05) is 11.6 Å². The summed E-state index contributed by atoms with van der Waals surface area (Å²) in [6.07, 6.45) is 0. The molecule has 1 aromatic heterocycles. The van der Waals surface area contributed by atoms with Crippen molar-refractivity contribution in [3.63, 3.8) is 0 Å². The second kappa shape index (κ2) is 7.26. The van der Waals surface area contributed by atoms with Crippen LogP contribution in [0.1, 0.15) is 4.88 Å². The topological polar surface area (TPSA) is 58.4 Å². The number of anilines is 2. The fourth-order valence-electron chi connectivity index (χ4n) is 1.83. The Kier molecular flexibility index (Phi) is 5.64. The van der Waals surface area contributed by atoms with Gasteiger partial charge in [-0.05, 0) is 47.2 Å². The minimum atomic E-state index is -0.124. The molecule has 0 saturated heterocycles. The zero-order valence-electron chi connectivity index (χ0n) is 11.4. The van der Waals surface area contributed by atoms with Gasteiger partial charge in [-0.25, -0.2) is 0 Å². The van der Waals surface area contributed by atoms with Crippen LogP contribution in [0.3, 0.4) is 0 Å². The lowest BCUT2D eigenvalue weighted by Crippen LogP contribution is -2.29. The first-order valence-electron chi connectivity index (χ1n) is 6.20. The predicted octanol–water partition coefficient (Wildman–Crippen LogP) is 3.82. The second-order valence-corrected chi connectivity index (χ2v) is 7.01. The Morgan fingerprint density at radius 3 is 2.90 bits per heavy atom. The van der Waals surface area contributed by atoms with Gasteiger partial charge >= 0.3 is 0 Å². The maximum absolute atomic E-state index is 12.0. The van der Waals surface area contributed by atoms with E-state index in [0.717, 1.165) is 4.47 Å².